The summed E-state index contributed by atoms with van der Waals surface area (Å²) in [6.45, 7) is 6.52. The van der Waals surface area contributed by atoms with Crippen LogP contribution in [0, 0.1) is 0 Å². The van der Waals surface area contributed by atoms with Crippen LogP contribution < -0.4 is 5.73 Å². The van der Waals surface area contributed by atoms with Crippen molar-refractivity contribution in [2.45, 2.75) is 64.1 Å². The lowest BCUT2D eigenvalue weighted by Crippen LogP contribution is -2.39. The molecule has 2 aliphatic heterocycles. The van der Waals surface area contributed by atoms with Crippen molar-refractivity contribution < 1.29 is 9.90 Å². The topological polar surface area (TPSA) is 84.4 Å². The van der Waals surface area contributed by atoms with Crippen LogP contribution in [0.25, 0.3) is 0 Å². The average molecular weight is 306 g/mol. The highest BCUT2D eigenvalue weighted by Crippen LogP contribution is 2.34. The van der Waals surface area contributed by atoms with Crippen molar-refractivity contribution in [3.63, 3.8) is 0 Å². The molecule has 3 rings (SSSR count). The van der Waals surface area contributed by atoms with Crippen LogP contribution >= 0.6 is 0 Å². The molecule has 0 aromatic carbocycles. The fourth-order valence-electron chi connectivity index (χ4n) is 3.84. The van der Waals surface area contributed by atoms with Gasteiger partial charge >= 0.3 is 5.97 Å². The van der Waals surface area contributed by atoms with Crippen LogP contribution in [0.1, 0.15) is 73.6 Å². The summed E-state index contributed by atoms with van der Waals surface area (Å²) in [4.78, 5) is 18.5. The van der Waals surface area contributed by atoms with Gasteiger partial charge < -0.3 is 20.3 Å². The minimum atomic E-state index is -0.927. The van der Waals surface area contributed by atoms with E-state index in [9.17, 15) is 9.90 Å². The number of rotatable bonds is 3. The highest BCUT2D eigenvalue weighted by atomic mass is 16.4. The molecule has 1 aromatic rings. The minimum Gasteiger partial charge on any atom is -0.476 e. The molecule has 2 aliphatic rings. The Labute approximate surface area is 131 Å². The number of hydrogen-bond acceptors (Lipinski definition) is 4. The van der Waals surface area contributed by atoms with E-state index in [1.807, 2.05) is 4.57 Å². The van der Waals surface area contributed by atoms with E-state index in [2.05, 4.69) is 23.7 Å². The zero-order valence-corrected chi connectivity index (χ0v) is 13.5. The number of carboxylic acid groups (broad SMARTS) is 1. The number of carbonyl (C=O) groups is 1. The van der Waals surface area contributed by atoms with E-state index in [0.717, 1.165) is 56.7 Å². The molecule has 6 nitrogen and oxygen atoms in total. The van der Waals surface area contributed by atoms with Crippen LogP contribution in [-0.2, 0) is 6.42 Å². The Kier molecular flexibility index (Phi) is 4.23. The van der Waals surface area contributed by atoms with Gasteiger partial charge in [0.2, 0.25) is 0 Å². The maximum absolute atomic E-state index is 11.5. The molecular weight excluding hydrogens is 280 g/mol. The Morgan fingerprint density at radius 3 is 2.59 bits per heavy atom. The molecule has 0 bridgehead atoms. The number of aromatic nitrogens is 2. The quantitative estimate of drug-likeness (QED) is 0.892. The van der Waals surface area contributed by atoms with Crippen LogP contribution in [-0.4, -0.2) is 44.7 Å². The smallest absolute Gasteiger partial charge is 0.356 e. The summed E-state index contributed by atoms with van der Waals surface area (Å²) in [5, 5.41) is 9.43. The number of nitrogens with two attached hydrogens (primary N) is 1. The molecule has 1 atom stereocenters. The molecule has 3 N–H and O–H groups in total. The number of hydrogen-bond donors (Lipinski definition) is 2. The summed E-state index contributed by atoms with van der Waals surface area (Å²) in [6, 6.07) is 0.562. The predicted octanol–water partition coefficient (Wildman–Crippen LogP) is 1.96. The summed E-state index contributed by atoms with van der Waals surface area (Å²) >= 11 is 0. The van der Waals surface area contributed by atoms with Gasteiger partial charge in [0.1, 0.15) is 5.82 Å². The van der Waals surface area contributed by atoms with Crippen molar-refractivity contribution in [2.24, 2.45) is 5.73 Å². The Balaban J connectivity index is 1.90. The van der Waals surface area contributed by atoms with E-state index in [1.54, 1.807) is 0 Å². The molecule has 1 unspecified atom stereocenters. The van der Waals surface area contributed by atoms with Gasteiger partial charge in [0, 0.05) is 12.0 Å². The zero-order valence-electron chi connectivity index (χ0n) is 13.5. The van der Waals surface area contributed by atoms with E-state index < -0.39 is 5.97 Å². The Hall–Kier alpha value is -1.40. The lowest BCUT2D eigenvalue weighted by atomic mass is 9.94. The second kappa shape index (κ2) is 6.01. The molecule has 0 spiro atoms. The summed E-state index contributed by atoms with van der Waals surface area (Å²) in [5.74, 6) is 0.303. The van der Waals surface area contributed by atoms with Gasteiger partial charge in [-0.1, -0.05) is 0 Å². The number of nitrogens with zero attached hydrogens (tertiary/aromatic N) is 3. The molecule has 1 saturated heterocycles. The number of fused-ring (bicyclic) bond motifs is 1. The van der Waals surface area contributed by atoms with Crippen molar-refractivity contribution in [1.82, 2.24) is 14.5 Å². The SMILES string of the molecule is CC(C)N1CCC(c2nc(C(=O)O)c3n2C(N)CCC3)CC1. The number of piperidine rings is 1. The van der Waals surface area contributed by atoms with Gasteiger partial charge in [-0.15, -0.1) is 0 Å². The fourth-order valence-corrected chi connectivity index (χ4v) is 3.84. The van der Waals surface area contributed by atoms with E-state index in [1.165, 1.54) is 0 Å². The molecular formula is C16H26N4O2. The lowest BCUT2D eigenvalue weighted by Gasteiger charge is -2.35. The van der Waals surface area contributed by atoms with E-state index in [4.69, 9.17) is 5.73 Å². The maximum Gasteiger partial charge on any atom is 0.356 e. The first kappa shape index (κ1) is 15.5. The van der Waals surface area contributed by atoms with Crippen LogP contribution in [0.5, 0.6) is 0 Å². The first-order valence-corrected chi connectivity index (χ1v) is 8.33. The van der Waals surface area contributed by atoms with Crippen molar-refractivity contribution >= 4 is 5.97 Å². The fraction of sp³-hybridized carbons (Fsp3) is 0.750. The molecule has 6 heteroatoms. The van der Waals surface area contributed by atoms with Gasteiger partial charge in [-0.2, -0.15) is 0 Å². The number of imidazole rings is 1. The molecule has 1 fully saturated rings. The monoisotopic (exact) mass is 306 g/mol. The molecule has 0 amide bonds. The lowest BCUT2D eigenvalue weighted by molar-refractivity contribution is 0.0689. The third-order valence-corrected chi connectivity index (χ3v) is 5.11. The first-order chi connectivity index (χ1) is 10.5. The largest absolute Gasteiger partial charge is 0.476 e. The minimum absolute atomic E-state index is 0.123. The molecule has 0 aliphatic carbocycles. The summed E-state index contributed by atoms with van der Waals surface area (Å²) in [6.07, 6.45) is 4.55. The van der Waals surface area contributed by atoms with Gasteiger partial charge in [0.25, 0.3) is 0 Å². The van der Waals surface area contributed by atoms with Crippen molar-refractivity contribution in [1.29, 1.82) is 0 Å². The van der Waals surface area contributed by atoms with Gasteiger partial charge in [-0.05, 0) is 59.0 Å². The second-order valence-electron chi connectivity index (χ2n) is 6.80. The van der Waals surface area contributed by atoms with Crippen LogP contribution in [0.3, 0.4) is 0 Å². The van der Waals surface area contributed by atoms with E-state index in [0.29, 0.717) is 12.0 Å². The summed E-state index contributed by atoms with van der Waals surface area (Å²) in [7, 11) is 0. The number of carboxylic acids is 1. The molecule has 0 radical (unpaired) electrons. The predicted molar refractivity (Wildman–Crippen MR) is 84.0 cm³/mol. The normalized spacial score (nSPS) is 23.7. The molecule has 1 aromatic heterocycles. The van der Waals surface area contributed by atoms with Gasteiger partial charge in [0.05, 0.1) is 11.9 Å². The highest BCUT2D eigenvalue weighted by Gasteiger charge is 2.32. The summed E-state index contributed by atoms with van der Waals surface area (Å²) < 4.78 is 2.03. The van der Waals surface area contributed by atoms with Gasteiger partial charge in [0.15, 0.2) is 5.69 Å². The van der Waals surface area contributed by atoms with E-state index in [-0.39, 0.29) is 11.9 Å². The number of likely N-dealkylation sites (tertiary alicyclic amines) is 1. The second-order valence-corrected chi connectivity index (χ2v) is 6.80. The maximum atomic E-state index is 11.5. The Bertz CT molecular complexity index is 559. The van der Waals surface area contributed by atoms with Crippen molar-refractivity contribution in [3.8, 4) is 0 Å². The third-order valence-electron chi connectivity index (χ3n) is 5.11. The highest BCUT2D eigenvalue weighted by molar-refractivity contribution is 5.87. The molecule has 3 heterocycles. The van der Waals surface area contributed by atoms with E-state index >= 15 is 0 Å². The number of aromatic carboxylic acids is 1. The van der Waals surface area contributed by atoms with Gasteiger partial charge in [-0.25, -0.2) is 9.78 Å². The van der Waals surface area contributed by atoms with Crippen molar-refractivity contribution in [2.75, 3.05) is 13.1 Å². The average Bonchev–Trinajstić information content (AvgIpc) is 2.88. The molecule has 22 heavy (non-hydrogen) atoms. The third kappa shape index (κ3) is 2.65. The van der Waals surface area contributed by atoms with Crippen LogP contribution in [0.4, 0.5) is 0 Å². The first-order valence-electron chi connectivity index (χ1n) is 8.33. The van der Waals surface area contributed by atoms with Crippen LogP contribution in [0.15, 0.2) is 0 Å². The van der Waals surface area contributed by atoms with Gasteiger partial charge in [-0.3, -0.25) is 0 Å². The summed E-state index contributed by atoms with van der Waals surface area (Å²) in [5.41, 5.74) is 7.31. The molecule has 122 valence electrons. The van der Waals surface area contributed by atoms with Crippen LogP contribution in [0.2, 0.25) is 0 Å². The zero-order chi connectivity index (χ0) is 15.9. The Morgan fingerprint density at radius 2 is 2.00 bits per heavy atom. The standard InChI is InChI=1S/C16H26N4O2/c1-10(2)19-8-6-11(7-9-19)15-18-14(16(21)22)12-4-3-5-13(17)20(12)15/h10-11,13H,3-9,17H2,1-2H3,(H,21,22). The Morgan fingerprint density at radius 1 is 1.32 bits per heavy atom. The molecule has 0 saturated carbocycles. The van der Waals surface area contributed by atoms with Crippen molar-refractivity contribution in [3.05, 3.63) is 17.2 Å².